The first-order chi connectivity index (χ1) is 7.66. The maximum absolute atomic E-state index is 10.6. The van der Waals surface area contributed by atoms with Gasteiger partial charge in [0.2, 0.25) is 0 Å². The van der Waals surface area contributed by atoms with E-state index in [2.05, 4.69) is 0 Å². The number of nitro groups is 1. The number of nitro benzene ring substituents is 1. The average Bonchev–Trinajstić information content (AvgIpc) is 2.30. The summed E-state index contributed by atoms with van der Waals surface area (Å²) < 4.78 is 1.92. The first kappa shape index (κ1) is 13.6. The van der Waals surface area contributed by atoms with E-state index in [1.807, 2.05) is 42.2 Å². The van der Waals surface area contributed by atoms with E-state index in [9.17, 15) is 10.1 Å². The molecule has 0 spiro atoms. The van der Waals surface area contributed by atoms with E-state index in [4.69, 9.17) is 0 Å². The molecular formula is C12H11IN2O2. The lowest BCUT2D eigenvalue weighted by molar-refractivity contribution is -0.671. The molecule has 0 aliphatic heterocycles. The summed E-state index contributed by atoms with van der Waals surface area (Å²) >= 11 is 0. The molecule has 0 fully saturated rings. The quantitative estimate of drug-likeness (QED) is 0.307. The van der Waals surface area contributed by atoms with E-state index in [0.717, 1.165) is 11.1 Å². The fourth-order valence-corrected chi connectivity index (χ4v) is 1.49. The Hall–Kier alpha value is -1.50. The largest absolute Gasteiger partial charge is 1.00 e. The number of nitrogens with zero attached hydrogens (tertiary/aromatic N) is 2. The van der Waals surface area contributed by atoms with Crippen LogP contribution in [-0.2, 0) is 7.05 Å². The Labute approximate surface area is 116 Å². The van der Waals surface area contributed by atoms with Gasteiger partial charge in [-0.2, -0.15) is 0 Å². The molecule has 2 rings (SSSR count). The maximum atomic E-state index is 10.6. The lowest BCUT2D eigenvalue weighted by atomic mass is 10.1. The fourth-order valence-electron chi connectivity index (χ4n) is 1.49. The number of hydrogen-bond acceptors (Lipinski definition) is 2. The van der Waals surface area contributed by atoms with Gasteiger partial charge >= 0.3 is 0 Å². The second kappa shape index (κ2) is 5.72. The molecule has 0 bridgehead atoms. The van der Waals surface area contributed by atoms with Gasteiger partial charge in [-0.3, -0.25) is 10.1 Å². The van der Waals surface area contributed by atoms with E-state index < -0.39 is 0 Å². The zero-order valence-corrected chi connectivity index (χ0v) is 11.4. The Morgan fingerprint density at radius 1 is 1.12 bits per heavy atom. The van der Waals surface area contributed by atoms with Crippen molar-refractivity contribution in [2.45, 2.75) is 0 Å². The highest BCUT2D eigenvalue weighted by molar-refractivity contribution is 5.65. The molecule has 0 radical (unpaired) electrons. The Kier molecular flexibility index (Phi) is 4.56. The summed E-state index contributed by atoms with van der Waals surface area (Å²) in [4.78, 5) is 10.3. The SMILES string of the molecule is C[n+]1ccc(-c2cccc([N+](=O)[O-])c2)cc1.[I-]. The zero-order valence-electron chi connectivity index (χ0n) is 9.21. The molecule has 0 aliphatic carbocycles. The van der Waals surface area contributed by atoms with Gasteiger partial charge in [0.1, 0.15) is 7.05 Å². The number of non-ortho nitro benzene ring substituents is 1. The van der Waals surface area contributed by atoms with Crippen molar-refractivity contribution in [1.29, 1.82) is 0 Å². The molecule has 0 saturated heterocycles. The molecule has 1 aromatic heterocycles. The summed E-state index contributed by atoms with van der Waals surface area (Å²) in [5.41, 5.74) is 1.95. The second-order valence-electron chi connectivity index (χ2n) is 3.56. The number of aryl methyl sites for hydroxylation is 1. The van der Waals surface area contributed by atoms with Gasteiger partial charge in [-0.15, -0.1) is 0 Å². The number of aromatic nitrogens is 1. The summed E-state index contributed by atoms with van der Waals surface area (Å²) in [5.74, 6) is 0. The van der Waals surface area contributed by atoms with E-state index in [1.165, 1.54) is 6.07 Å². The second-order valence-corrected chi connectivity index (χ2v) is 3.56. The Morgan fingerprint density at radius 3 is 2.35 bits per heavy atom. The van der Waals surface area contributed by atoms with Crippen LogP contribution in [0, 0.1) is 10.1 Å². The highest BCUT2D eigenvalue weighted by Crippen LogP contribution is 2.22. The Balaban J connectivity index is 0.00000144. The predicted molar refractivity (Wildman–Crippen MR) is 59.7 cm³/mol. The minimum Gasteiger partial charge on any atom is -1.00 e. The van der Waals surface area contributed by atoms with Crippen molar-refractivity contribution in [1.82, 2.24) is 0 Å². The molecule has 0 saturated carbocycles. The average molecular weight is 342 g/mol. The zero-order chi connectivity index (χ0) is 11.5. The summed E-state index contributed by atoms with van der Waals surface area (Å²) in [7, 11) is 1.93. The molecule has 5 heteroatoms. The van der Waals surface area contributed by atoms with Crippen LogP contribution in [0.2, 0.25) is 0 Å². The van der Waals surface area contributed by atoms with Crippen molar-refractivity contribution in [3.05, 3.63) is 58.9 Å². The van der Waals surface area contributed by atoms with Gasteiger partial charge in [-0.05, 0) is 11.1 Å². The summed E-state index contributed by atoms with van der Waals surface area (Å²) in [6.07, 6.45) is 3.82. The van der Waals surface area contributed by atoms with Gasteiger partial charge in [-0.25, -0.2) is 4.57 Å². The number of hydrogen-bond donors (Lipinski definition) is 0. The van der Waals surface area contributed by atoms with Crippen LogP contribution in [0.5, 0.6) is 0 Å². The molecule has 2 aromatic rings. The van der Waals surface area contributed by atoms with E-state index in [-0.39, 0.29) is 34.6 Å². The van der Waals surface area contributed by atoms with E-state index in [1.54, 1.807) is 12.1 Å². The van der Waals surface area contributed by atoms with Crippen LogP contribution in [0.15, 0.2) is 48.8 Å². The Bertz CT molecular complexity index is 526. The molecule has 0 unspecified atom stereocenters. The number of halogens is 1. The highest BCUT2D eigenvalue weighted by atomic mass is 127. The normalized spacial score (nSPS) is 9.47. The lowest BCUT2D eigenvalue weighted by Crippen LogP contribution is -3.00. The third-order valence-corrected chi connectivity index (χ3v) is 2.37. The fraction of sp³-hybridized carbons (Fsp3) is 0.0833. The van der Waals surface area contributed by atoms with Crippen molar-refractivity contribution in [3.8, 4) is 11.1 Å². The van der Waals surface area contributed by atoms with Crippen molar-refractivity contribution < 1.29 is 33.5 Å². The number of benzene rings is 1. The van der Waals surface area contributed by atoms with Gasteiger partial charge in [0.05, 0.1) is 4.92 Å². The molecular weight excluding hydrogens is 331 g/mol. The molecule has 0 aliphatic rings. The van der Waals surface area contributed by atoms with Gasteiger partial charge in [0, 0.05) is 24.3 Å². The standard InChI is InChI=1S/C12H11N2O2.HI/c1-13-7-5-10(6-8-13)11-3-2-4-12(9-11)14(15)16;/h2-9H,1H3;1H/q+1;/p-1. The highest BCUT2D eigenvalue weighted by Gasteiger charge is 2.07. The first-order valence-electron chi connectivity index (χ1n) is 4.87. The van der Waals surface area contributed by atoms with Crippen molar-refractivity contribution in [2.75, 3.05) is 0 Å². The third kappa shape index (κ3) is 3.23. The van der Waals surface area contributed by atoms with Crippen LogP contribution in [0.25, 0.3) is 11.1 Å². The van der Waals surface area contributed by atoms with Crippen LogP contribution < -0.4 is 28.5 Å². The summed E-state index contributed by atoms with van der Waals surface area (Å²) in [5, 5.41) is 10.6. The predicted octanol–water partition coefficient (Wildman–Crippen LogP) is -0.910. The molecule has 0 atom stereocenters. The van der Waals surface area contributed by atoms with Crippen molar-refractivity contribution >= 4 is 5.69 Å². The monoisotopic (exact) mass is 342 g/mol. The van der Waals surface area contributed by atoms with Gasteiger partial charge < -0.3 is 24.0 Å². The molecule has 1 heterocycles. The minimum atomic E-state index is -0.383. The van der Waals surface area contributed by atoms with Crippen molar-refractivity contribution in [2.24, 2.45) is 7.05 Å². The summed E-state index contributed by atoms with van der Waals surface area (Å²) in [6, 6.07) is 10.5. The minimum absolute atomic E-state index is 0. The number of rotatable bonds is 2. The third-order valence-electron chi connectivity index (χ3n) is 2.37. The molecule has 0 N–H and O–H groups in total. The molecule has 88 valence electrons. The number of pyridine rings is 1. The molecule has 17 heavy (non-hydrogen) atoms. The van der Waals surface area contributed by atoms with Crippen LogP contribution >= 0.6 is 0 Å². The van der Waals surface area contributed by atoms with Crippen LogP contribution in [0.1, 0.15) is 0 Å². The maximum Gasteiger partial charge on any atom is 0.270 e. The van der Waals surface area contributed by atoms with Crippen LogP contribution in [0.4, 0.5) is 5.69 Å². The van der Waals surface area contributed by atoms with Crippen molar-refractivity contribution in [3.63, 3.8) is 0 Å². The molecule has 4 nitrogen and oxygen atoms in total. The summed E-state index contributed by atoms with van der Waals surface area (Å²) in [6.45, 7) is 0. The van der Waals surface area contributed by atoms with E-state index >= 15 is 0 Å². The van der Waals surface area contributed by atoms with Crippen LogP contribution in [-0.4, -0.2) is 4.92 Å². The Morgan fingerprint density at radius 2 is 1.76 bits per heavy atom. The smallest absolute Gasteiger partial charge is 0.270 e. The van der Waals surface area contributed by atoms with Gasteiger partial charge in [-0.1, -0.05) is 12.1 Å². The van der Waals surface area contributed by atoms with Gasteiger partial charge in [0.25, 0.3) is 5.69 Å². The topological polar surface area (TPSA) is 47.0 Å². The van der Waals surface area contributed by atoms with Gasteiger partial charge in [0.15, 0.2) is 12.4 Å². The lowest BCUT2D eigenvalue weighted by Gasteiger charge is -1.99. The van der Waals surface area contributed by atoms with E-state index in [0.29, 0.717) is 0 Å². The molecule has 1 aromatic carbocycles. The first-order valence-corrected chi connectivity index (χ1v) is 4.87. The van der Waals surface area contributed by atoms with Crippen LogP contribution in [0.3, 0.4) is 0 Å². The molecule has 0 amide bonds.